The molecule has 1 N–H and O–H groups in total. The number of nitrogens with one attached hydrogen (secondary N) is 1. The molecule has 3 aromatic rings. The molecule has 0 aliphatic heterocycles. The highest BCUT2D eigenvalue weighted by molar-refractivity contribution is 7.91. The number of amides is 1. The van der Waals surface area contributed by atoms with E-state index in [0.717, 1.165) is 12.1 Å². The largest absolute Gasteiger partial charge is 0.468 e. The van der Waals surface area contributed by atoms with Gasteiger partial charge in [0.05, 0.1) is 11.2 Å². The van der Waals surface area contributed by atoms with Gasteiger partial charge in [-0.1, -0.05) is 11.6 Å². The van der Waals surface area contributed by atoms with Gasteiger partial charge in [-0.25, -0.2) is 12.8 Å². The van der Waals surface area contributed by atoms with Gasteiger partial charge in [0.1, 0.15) is 16.8 Å². The van der Waals surface area contributed by atoms with E-state index in [0.29, 0.717) is 5.02 Å². The Morgan fingerprint density at radius 2 is 1.74 bits per heavy atom. The predicted molar refractivity (Wildman–Crippen MR) is 98.8 cm³/mol. The Bertz CT molecular complexity index is 1020. The van der Waals surface area contributed by atoms with E-state index >= 15 is 0 Å². The number of furan rings is 1. The minimum Gasteiger partial charge on any atom is -0.468 e. The number of hydrogen-bond acceptors (Lipinski definition) is 4. The highest BCUT2D eigenvalue weighted by Gasteiger charge is 2.32. The lowest BCUT2D eigenvalue weighted by Gasteiger charge is -2.17. The van der Waals surface area contributed by atoms with Crippen LogP contribution >= 0.6 is 11.6 Å². The second-order valence-electron chi connectivity index (χ2n) is 5.72. The molecule has 0 aliphatic carbocycles. The minimum absolute atomic E-state index is 0.0596. The number of sulfone groups is 1. The van der Waals surface area contributed by atoms with Crippen molar-refractivity contribution in [3.05, 3.63) is 89.1 Å². The van der Waals surface area contributed by atoms with Crippen molar-refractivity contribution in [3.8, 4) is 0 Å². The van der Waals surface area contributed by atoms with E-state index in [-0.39, 0.29) is 22.8 Å². The summed E-state index contributed by atoms with van der Waals surface area (Å²) in [7, 11) is -3.85. The van der Waals surface area contributed by atoms with Crippen molar-refractivity contribution < 1.29 is 22.0 Å². The first-order valence-corrected chi connectivity index (χ1v) is 9.87. The van der Waals surface area contributed by atoms with Crippen molar-refractivity contribution in [1.29, 1.82) is 0 Å². The first-order chi connectivity index (χ1) is 12.9. The SMILES string of the molecule is O=C(NCC(c1ccco1)S(=O)(=O)c1ccc(Cl)cc1)c1ccc(F)cc1. The van der Waals surface area contributed by atoms with Gasteiger partial charge in [-0.2, -0.15) is 0 Å². The van der Waals surface area contributed by atoms with Crippen LogP contribution in [0.1, 0.15) is 21.4 Å². The Labute approximate surface area is 160 Å². The maximum atomic E-state index is 13.0. The monoisotopic (exact) mass is 407 g/mol. The molecular weight excluding hydrogens is 393 g/mol. The third kappa shape index (κ3) is 4.37. The summed E-state index contributed by atoms with van der Waals surface area (Å²) in [6.07, 6.45) is 1.36. The highest BCUT2D eigenvalue weighted by Crippen LogP contribution is 2.29. The number of carbonyl (C=O) groups excluding carboxylic acids is 1. The molecule has 0 saturated carbocycles. The number of carbonyl (C=O) groups is 1. The van der Waals surface area contributed by atoms with Crippen LogP contribution in [0.4, 0.5) is 4.39 Å². The quantitative estimate of drug-likeness (QED) is 0.669. The molecule has 0 bridgehead atoms. The molecule has 0 saturated heterocycles. The zero-order valence-corrected chi connectivity index (χ0v) is 15.5. The van der Waals surface area contributed by atoms with Crippen LogP contribution in [-0.4, -0.2) is 20.9 Å². The zero-order valence-electron chi connectivity index (χ0n) is 13.9. The molecule has 1 aromatic heterocycles. The van der Waals surface area contributed by atoms with Gasteiger partial charge in [0.2, 0.25) is 0 Å². The van der Waals surface area contributed by atoms with Crippen LogP contribution in [0, 0.1) is 5.82 Å². The summed E-state index contributed by atoms with van der Waals surface area (Å²) in [6.45, 7) is -0.214. The average molecular weight is 408 g/mol. The maximum Gasteiger partial charge on any atom is 0.251 e. The van der Waals surface area contributed by atoms with Gasteiger partial charge in [0, 0.05) is 17.1 Å². The molecule has 0 fully saturated rings. The Hall–Kier alpha value is -2.64. The van der Waals surface area contributed by atoms with Crippen LogP contribution in [0.25, 0.3) is 0 Å². The van der Waals surface area contributed by atoms with Crippen LogP contribution in [0.5, 0.6) is 0 Å². The second-order valence-corrected chi connectivity index (χ2v) is 8.29. The fraction of sp³-hybridized carbons (Fsp3) is 0.105. The number of rotatable bonds is 6. The molecule has 8 heteroatoms. The van der Waals surface area contributed by atoms with Gasteiger partial charge < -0.3 is 9.73 Å². The third-order valence-electron chi connectivity index (χ3n) is 3.93. The fourth-order valence-electron chi connectivity index (χ4n) is 2.51. The summed E-state index contributed by atoms with van der Waals surface area (Å²) in [5.74, 6) is -0.785. The van der Waals surface area contributed by atoms with E-state index < -0.39 is 26.8 Å². The van der Waals surface area contributed by atoms with Crippen molar-refractivity contribution in [2.45, 2.75) is 10.1 Å². The first-order valence-electron chi connectivity index (χ1n) is 7.94. The van der Waals surface area contributed by atoms with E-state index in [9.17, 15) is 17.6 Å². The molecule has 5 nitrogen and oxygen atoms in total. The number of halogens is 2. The van der Waals surface area contributed by atoms with E-state index in [1.165, 1.54) is 48.7 Å². The molecule has 0 spiro atoms. The van der Waals surface area contributed by atoms with E-state index in [1.807, 2.05) is 0 Å². The number of benzene rings is 2. The van der Waals surface area contributed by atoms with Crippen LogP contribution in [0.3, 0.4) is 0 Å². The summed E-state index contributed by atoms with van der Waals surface area (Å²) < 4.78 is 44.3. The van der Waals surface area contributed by atoms with Crippen LogP contribution in [0.2, 0.25) is 5.02 Å². The lowest BCUT2D eigenvalue weighted by molar-refractivity contribution is 0.0953. The summed E-state index contributed by atoms with van der Waals surface area (Å²) >= 11 is 5.83. The van der Waals surface area contributed by atoms with Crippen LogP contribution in [0.15, 0.2) is 76.2 Å². The molecule has 3 rings (SSSR count). The van der Waals surface area contributed by atoms with Gasteiger partial charge in [0.25, 0.3) is 5.91 Å². The molecule has 2 aromatic carbocycles. The van der Waals surface area contributed by atoms with E-state index in [4.69, 9.17) is 16.0 Å². The topological polar surface area (TPSA) is 76.4 Å². The van der Waals surface area contributed by atoms with Gasteiger partial charge in [-0.05, 0) is 60.7 Å². The molecule has 0 radical (unpaired) electrons. The zero-order chi connectivity index (χ0) is 19.4. The molecule has 1 amide bonds. The first kappa shape index (κ1) is 19.1. The van der Waals surface area contributed by atoms with Gasteiger partial charge in [-0.3, -0.25) is 4.79 Å². The third-order valence-corrected chi connectivity index (χ3v) is 6.26. The van der Waals surface area contributed by atoms with Gasteiger partial charge in [0.15, 0.2) is 9.84 Å². The lowest BCUT2D eigenvalue weighted by Crippen LogP contribution is -2.31. The van der Waals surface area contributed by atoms with E-state index in [2.05, 4.69) is 5.32 Å². The molecule has 1 atom stereocenters. The lowest BCUT2D eigenvalue weighted by atomic mass is 10.2. The summed E-state index contributed by atoms with van der Waals surface area (Å²) in [4.78, 5) is 12.3. The molecule has 140 valence electrons. The van der Waals surface area contributed by atoms with Crippen molar-refractivity contribution in [2.75, 3.05) is 6.54 Å². The van der Waals surface area contributed by atoms with Gasteiger partial charge >= 0.3 is 0 Å². The fourth-order valence-corrected chi connectivity index (χ4v) is 4.23. The van der Waals surface area contributed by atoms with Crippen molar-refractivity contribution in [2.24, 2.45) is 0 Å². The highest BCUT2D eigenvalue weighted by atomic mass is 35.5. The van der Waals surface area contributed by atoms with Crippen LogP contribution in [-0.2, 0) is 9.84 Å². The van der Waals surface area contributed by atoms with Crippen LogP contribution < -0.4 is 5.32 Å². The maximum absolute atomic E-state index is 13.0. The summed E-state index contributed by atoms with van der Waals surface area (Å²) in [5.41, 5.74) is 0.221. The molecule has 1 unspecified atom stereocenters. The Balaban J connectivity index is 1.85. The van der Waals surface area contributed by atoms with Crippen molar-refractivity contribution in [1.82, 2.24) is 5.32 Å². The molecular formula is C19H15ClFNO4S. The predicted octanol–water partition coefficient (Wildman–Crippen LogP) is 4.02. The van der Waals surface area contributed by atoms with Crippen molar-refractivity contribution >= 4 is 27.3 Å². The number of hydrogen-bond donors (Lipinski definition) is 1. The second kappa shape index (κ2) is 7.94. The molecule has 1 heterocycles. The normalized spacial score (nSPS) is 12.5. The van der Waals surface area contributed by atoms with E-state index in [1.54, 1.807) is 6.07 Å². The smallest absolute Gasteiger partial charge is 0.251 e. The van der Waals surface area contributed by atoms with Gasteiger partial charge in [-0.15, -0.1) is 0 Å². The Morgan fingerprint density at radius 3 is 2.33 bits per heavy atom. The average Bonchev–Trinajstić information content (AvgIpc) is 3.16. The molecule has 27 heavy (non-hydrogen) atoms. The summed E-state index contributed by atoms with van der Waals surface area (Å²) in [6, 6.07) is 13.8. The van der Waals surface area contributed by atoms with Crippen molar-refractivity contribution in [3.63, 3.8) is 0 Å². The molecule has 0 aliphatic rings. The Morgan fingerprint density at radius 1 is 1.07 bits per heavy atom. The standard InChI is InChI=1S/C19H15ClFNO4S/c20-14-5-9-16(10-6-14)27(24,25)18(17-2-1-11-26-17)12-22-19(23)13-3-7-15(21)8-4-13/h1-11,18H,12H2,(H,22,23). The minimum atomic E-state index is -3.85. The Kier molecular flexibility index (Phi) is 5.62. The summed E-state index contributed by atoms with van der Waals surface area (Å²) in [5, 5.41) is 1.85.